The molecule has 2 nitrogen and oxygen atoms in total. The lowest BCUT2D eigenvalue weighted by atomic mass is 9.70. The largest absolute Gasteiger partial charge is 0.460 e. The molecule has 0 aromatic rings. The van der Waals surface area contributed by atoms with Crippen LogP contribution in [-0.4, -0.2) is 12.6 Å². The lowest BCUT2D eigenvalue weighted by molar-refractivity contribution is -0.143. The first-order chi connectivity index (χ1) is 7.89. The Balaban J connectivity index is 1.83. The Hall–Kier alpha value is -0.790. The van der Waals surface area contributed by atoms with Crippen LogP contribution >= 0.6 is 0 Å². The van der Waals surface area contributed by atoms with E-state index in [0.29, 0.717) is 23.9 Å². The average Bonchev–Trinajstić information content (AvgIpc) is 2.61. The van der Waals surface area contributed by atoms with E-state index in [0.717, 1.165) is 6.42 Å². The summed E-state index contributed by atoms with van der Waals surface area (Å²) in [6.07, 6.45) is 6.00. The highest BCUT2D eigenvalue weighted by atomic mass is 16.5. The molecule has 2 heteroatoms. The lowest BCUT2D eigenvalue weighted by Gasteiger charge is -2.32. The maximum Gasteiger partial charge on any atom is 0.317 e. The van der Waals surface area contributed by atoms with Gasteiger partial charge in [-0.2, -0.15) is 0 Å². The van der Waals surface area contributed by atoms with Crippen LogP contribution in [0, 0.1) is 28.1 Å². The van der Waals surface area contributed by atoms with Gasteiger partial charge in [0.2, 0.25) is 0 Å². The molecule has 17 heavy (non-hydrogen) atoms. The summed E-state index contributed by atoms with van der Waals surface area (Å²) in [4.78, 5) is 12.1. The Morgan fingerprint density at radius 3 is 2.82 bits per heavy atom. The second kappa shape index (κ2) is 2.48. The summed E-state index contributed by atoms with van der Waals surface area (Å²) in [5, 5.41) is 0. The van der Waals surface area contributed by atoms with E-state index in [1.54, 1.807) is 0 Å². The van der Waals surface area contributed by atoms with E-state index < -0.39 is 0 Å². The minimum atomic E-state index is -0.186. The maximum absolute atomic E-state index is 12.1. The first-order valence-corrected chi connectivity index (χ1v) is 6.78. The zero-order chi connectivity index (χ0) is 12.1. The second-order valence-electron chi connectivity index (χ2n) is 7.61. The van der Waals surface area contributed by atoms with Crippen molar-refractivity contribution in [3.05, 3.63) is 11.6 Å². The predicted molar refractivity (Wildman–Crippen MR) is 64.2 cm³/mol. The number of esters is 1. The van der Waals surface area contributed by atoms with Gasteiger partial charge in [0, 0.05) is 0 Å². The van der Waals surface area contributed by atoms with Crippen LogP contribution in [0.1, 0.15) is 40.0 Å². The van der Waals surface area contributed by atoms with Crippen LogP contribution in [0.25, 0.3) is 0 Å². The molecule has 4 rings (SSSR count). The molecule has 4 atom stereocenters. The number of hydrogen-bond donors (Lipinski definition) is 0. The van der Waals surface area contributed by atoms with E-state index in [1.165, 1.54) is 18.4 Å². The van der Waals surface area contributed by atoms with Gasteiger partial charge in [-0.15, -0.1) is 0 Å². The van der Waals surface area contributed by atoms with Crippen LogP contribution < -0.4 is 0 Å². The summed E-state index contributed by atoms with van der Waals surface area (Å²) in [6, 6.07) is 0. The molecule has 0 amide bonds. The number of cyclic esters (lactones) is 1. The van der Waals surface area contributed by atoms with E-state index in [2.05, 4.69) is 26.8 Å². The van der Waals surface area contributed by atoms with Crippen molar-refractivity contribution in [2.24, 2.45) is 28.1 Å². The molecular weight excluding hydrogens is 212 g/mol. The van der Waals surface area contributed by atoms with Gasteiger partial charge in [0.05, 0.1) is 5.41 Å². The van der Waals surface area contributed by atoms with Crippen molar-refractivity contribution in [3.8, 4) is 0 Å². The fraction of sp³-hybridized carbons (Fsp3) is 0.800. The van der Waals surface area contributed by atoms with Gasteiger partial charge < -0.3 is 4.74 Å². The zero-order valence-electron chi connectivity index (χ0n) is 10.9. The summed E-state index contributed by atoms with van der Waals surface area (Å²) < 4.78 is 5.32. The first kappa shape index (κ1) is 10.2. The normalized spacial score (nSPS) is 53.4. The Labute approximate surface area is 102 Å². The van der Waals surface area contributed by atoms with Gasteiger partial charge in [0.1, 0.15) is 6.61 Å². The topological polar surface area (TPSA) is 26.3 Å². The van der Waals surface area contributed by atoms with Crippen LogP contribution in [0.4, 0.5) is 0 Å². The fourth-order valence-electron chi connectivity index (χ4n) is 5.19. The molecule has 92 valence electrons. The monoisotopic (exact) mass is 232 g/mol. The maximum atomic E-state index is 12.1. The van der Waals surface area contributed by atoms with Crippen LogP contribution in [0.3, 0.4) is 0 Å². The summed E-state index contributed by atoms with van der Waals surface area (Å²) in [6.45, 7) is 7.64. The van der Waals surface area contributed by atoms with Gasteiger partial charge >= 0.3 is 5.97 Å². The van der Waals surface area contributed by atoms with Crippen molar-refractivity contribution in [1.29, 1.82) is 0 Å². The molecule has 1 spiro atoms. The summed E-state index contributed by atoms with van der Waals surface area (Å²) in [5.74, 6) is 1.46. The highest BCUT2D eigenvalue weighted by Gasteiger charge is 2.79. The predicted octanol–water partition coefficient (Wildman–Crippen LogP) is 2.93. The Morgan fingerprint density at radius 1 is 1.29 bits per heavy atom. The van der Waals surface area contributed by atoms with Crippen molar-refractivity contribution >= 4 is 5.97 Å². The molecule has 0 bridgehead atoms. The Kier molecular flexibility index (Phi) is 1.48. The summed E-state index contributed by atoms with van der Waals surface area (Å²) >= 11 is 0. The van der Waals surface area contributed by atoms with E-state index in [4.69, 9.17) is 4.74 Å². The molecule has 1 aliphatic heterocycles. The molecule has 1 saturated heterocycles. The molecule has 0 radical (unpaired) electrons. The van der Waals surface area contributed by atoms with Crippen molar-refractivity contribution in [2.45, 2.75) is 40.0 Å². The number of allylic oxidation sites excluding steroid dienone is 1. The van der Waals surface area contributed by atoms with Gasteiger partial charge in [-0.25, -0.2) is 0 Å². The number of ether oxygens (including phenoxy) is 1. The highest BCUT2D eigenvalue weighted by molar-refractivity contribution is 5.89. The molecule has 4 aliphatic rings. The van der Waals surface area contributed by atoms with Gasteiger partial charge in [0.15, 0.2) is 0 Å². The van der Waals surface area contributed by atoms with Gasteiger partial charge in [-0.3, -0.25) is 4.79 Å². The molecule has 1 heterocycles. The molecular formula is C15H20O2. The number of hydrogen-bond acceptors (Lipinski definition) is 2. The number of carbonyl (C=O) groups excluding carboxylic acids is 1. The van der Waals surface area contributed by atoms with Crippen molar-refractivity contribution < 1.29 is 9.53 Å². The van der Waals surface area contributed by atoms with Crippen molar-refractivity contribution in [3.63, 3.8) is 0 Å². The molecule has 2 saturated carbocycles. The number of rotatable bonds is 0. The summed E-state index contributed by atoms with van der Waals surface area (Å²) in [7, 11) is 0. The molecule has 0 aromatic carbocycles. The fourth-order valence-corrected chi connectivity index (χ4v) is 5.19. The van der Waals surface area contributed by atoms with Crippen LogP contribution in [0.5, 0.6) is 0 Å². The highest BCUT2D eigenvalue weighted by Crippen LogP contribution is 2.79. The minimum absolute atomic E-state index is 0.0643. The van der Waals surface area contributed by atoms with E-state index in [1.807, 2.05) is 0 Å². The molecule has 4 unspecified atom stereocenters. The van der Waals surface area contributed by atoms with E-state index in [9.17, 15) is 4.79 Å². The molecule has 0 N–H and O–H groups in total. The third-order valence-electron chi connectivity index (χ3n) is 6.05. The number of carbonyl (C=O) groups is 1. The van der Waals surface area contributed by atoms with Crippen LogP contribution in [0.15, 0.2) is 11.6 Å². The molecule has 0 aromatic heterocycles. The third-order valence-corrected chi connectivity index (χ3v) is 6.05. The molecule has 3 fully saturated rings. The number of fused-ring (bicyclic) bond motifs is 2. The van der Waals surface area contributed by atoms with E-state index in [-0.39, 0.29) is 16.8 Å². The average molecular weight is 232 g/mol. The van der Waals surface area contributed by atoms with Crippen molar-refractivity contribution in [1.82, 2.24) is 0 Å². The lowest BCUT2D eigenvalue weighted by Crippen LogP contribution is -2.31. The SMILES string of the molecule is CC1(C)CC2C=C3COC(=O)C34CC4(C)C2C1. The van der Waals surface area contributed by atoms with Gasteiger partial charge in [0.25, 0.3) is 0 Å². The smallest absolute Gasteiger partial charge is 0.317 e. The van der Waals surface area contributed by atoms with Crippen molar-refractivity contribution in [2.75, 3.05) is 6.61 Å². The Morgan fingerprint density at radius 2 is 2.06 bits per heavy atom. The van der Waals surface area contributed by atoms with Gasteiger partial charge in [-0.05, 0) is 47.5 Å². The van der Waals surface area contributed by atoms with E-state index >= 15 is 0 Å². The quantitative estimate of drug-likeness (QED) is 0.474. The van der Waals surface area contributed by atoms with Gasteiger partial charge in [-0.1, -0.05) is 26.8 Å². The molecule has 3 aliphatic carbocycles. The summed E-state index contributed by atoms with van der Waals surface area (Å²) in [5.41, 5.74) is 1.78. The third kappa shape index (κ3) is 0.937. The standard InChI is InChI=1S/C15H20O2/c1-13(2)5-9-4-10-7-17-12(16)15(10)8-14(15,3)11(9)6-13/h4,9,11H,5-8H2,1-3H3. The van der Waals surface area contributed by atoms with Crippen LogP contribution in [0.2, 0.25) is 0 Å². The Bertz CT molecular complexity index is 462. The van der Waals surface area contributed by atoms with Crippen LogP contribution in [-0.2, 0) is 9.53 Å². The zero-order valence-corrected chi connectivity index (χ0v) is 10.9. The second-order valence-corrected chi connectivity index (χ2v) is 7.61. The first-order valence-electron chi connectivity index (χ1n) is 6.78. The minimum Gasteiger partial charge on any atom is -0.460 e.